The highest BCUT2D eigenvalue weighted by molar-refractivity contribution is 7.13. The van der Waals surface area contributed by atoms with Crippen LogP contribution in [0.25, 0.3) is 0 Å². The van der Waals surface area contributed by atoms with Crippen molar-refractivity contribution in [1.29, 1.82) is 0 Å². The van der Waals surface area contributed by atoms with Crippen molar-refractivity contribution < 1.29 is 9.59 Å². The van der Waals surface area contributed by atoms with Crippen LogP contribution in [0, 0.1) is 12.8 Å². The molecule has 1 aliphatic heterocycles. The standard InChI is InChI=1S/C21H27N3O2S/c1-3-4-12-18-22-15(2)19(27-18)21(26)24-13-8-9-16(14-24)20(25)23-17-10-6-5-7-11-17/h5-7,10-11,16H,3-4,8-9,12-14H2,1-2H3,(H,23,25). The molecule has 2 amide bonds. The number of para-hydroxylation sites is 1. The van der Waals surface area contributed by atoms with E-state index >= 15 is 0 Å². The summed E-state index contributed by atoms with van der Waals surface area (Å²) in [5.74, 6) is -0.163. The zero-order valence-electron chi connectivity index (χ0n) is 16.0. The Morgan fingerprint density at radius 2 is 2.07 bits per heavy atom. The Morgan fingerprint density at radius 1 is 1.30 bits per heavy atom. The second-order valence-electron chi connectivity index (χ2n) is 7.07. The molecular formula is C21H27N3O2S. The van der Waals surface area contributed by atoms with E-state index in [-0.39, 0.29) is 17.7 Å². The van der Waals surface area contributed by atoms with Crippen LogP contribution >= 0.6 is 11.3 Å². The maximum atomic E-state index is 13.0. The van der Waals surface area contributed by atoms with Gasteiger partial charge in [-0.15, -0.1) is 11.3 Å². The van der Waals surface area contributed by atoms with Gasteiger partial charge in [-0.3, -0.25) is 9.59 Å². The van der Waals surface area contributed by atoms with Crippen molar-refractivity contribution >= 4 is 28.8 Å². The molecule has 1 atom stereocenters. The van der Waals surface area contributed by atoms with Gasteiger partial charge in [-0.2, -0.15) is 0 Å². The van der Waals surface area contributed by atoms with E-state index in [2.05, 4.69) is 17.2 Å². The zero-order chi connectivity index (χ0) is 19.2. The minimum atomic E-state index is -0.171. The third-order valence-corrected chi connectivity index (χ3v) is 6.11. The summed E-state index contributed by atoms with van der Waals surface area (Å²) in [5, 5.41) is 4.00. The SMILES string of the molecule is CCCCc1nc(C)c(C(=O)N2CCCC(C(=O)Nc3ccccc3)C2)s1. The van der Waals surface area contributed by atoms with Crippen LogP contribution in [0.5, 0.6) is 0 Å². The molecule has 2 heterocycles. The number of carbonyl (C=O) groups excluding carboxylic acids is 2. The fourth-order valence-corrected chi connectivity index (χ4v) is 4.45. The van der Waals surface area contributed by atoms with Crippen molar-refractivity contribution in [2.24, 2.45) is 5.92 Å². The Bertz CT molecular complexity index is 788. The highest BCUT2D eigenvalue weighted by atomic mass is 32.1. The number of piperidine rings is 1. The predicted molar refractivity (Wildman–Crippen MR) is 109 cm³/mol. The summed E-state index contributed by atoms with van der Waals surface area (Å²) >= 11 is 1.51. The van der Waals surface area contributed by atoms with Gasteiger partial charge in [-0.1, -0.05) is 31.5 Å². The maximum absolute atomic E-state index is 13.0. The first-order chi connectivity index (χ1) is 13.1. The lowest BCUT2D eigenvalue weighted by atomic mass is 9.96. The maximum Gasteiger partial charge on any atom is 0.265 e. The first kappa shape index (κ1) is 19.5. The molecule has 144 valence electrons. The summed E-state index contributed by atoms with van der Waals surface area (Å²) < 4.78 is 0. The third-order valence-electron chi connectivity index (χ3n) is 4.90. The molecule has 1 aromatic heterocycles. The molecular weight excluding hydrogens is 358 g/mol. The van der Waals surface area contributed by atoms with E-state index in [4.69, 9.17) is 0 Å². The topological polar surface area (TPSA) is 62.3 Å². The van der Waals surface area contributed by atoms with Crippen LogP contribution in [0.4, 0.5) is 5.69 Å². The van der Waals surface area contributed by atoms with Gasteiger partial charge in [0.2, 0.25) is 5.91 Å². The molecule has 1 aromatic carbocycles. The first-order valence-corrected chi connectivity index (χ1v) is 10.5. The third kappa shape index (κ3) is 4.95. The van der Waals surface area contributed by atoms with E-state index in [9.17, 15) is 9.59 Å². The van der Waals surface area contributed by atoms with Crippen LogP contribution in [0.1, 0.15) is 53.0 Å². The van der Waals surface area contributed by atoms with E-state index in [1.165, 1.54) is 11.3 Å². The molecule has 0 saturated carbocycles. The first-order valence-electron chi connectivity index (χ1n) is 9.70. The number of aryl methyl sites for hydroxylation is 2. The second-order valence-corrected chi connectivity index (χ2v) is 8.15. The van der Waals surface area contributed by atoms with Gasteiger partial charge >= 0.3 is 0 Å². The molecule has 27 heavy (non-hydrogen) atoms. The van der Waals surface area contributed by atoms with Crippen LogP contribution in [0.3, 0.4) is 0 Å². The molecule has 0 bridgehead atoms. The van der Waals surface area contributed by atoms with E-state index in [1.54, 1.807) is 0 Å². The van der Waals surface area contributed by atoms with Crippen LogP contribution in [-0.2, 0) is 11.2 Å². The van der Waals surface area contributed by atoms with Crippen molar-refractivity contribution in [3.05, 3.63) is 45.9 Å². The van der Waals surface area contributed by atoms with E-state index in [0.717, 1.165) is 53.4 Å². The van der Waals surface area contributed by atoms with Gasteiger partial charge in [-0.05, 0) is 44.7 Å². The fourth-order valence-electron chi connectivity index (χ4n) is 3.37. The predicted octanol–water partition coefficient (Wildman–Crippen LogP) is 4.29. The van der Waals surface area contributed by atoms with Gasteiger partial charge in [0.25, 0.3) is 5.91 Å². The van der Waals surface area contributed by atoms with E-state index < -0.39 is 0 Å². The number of hydrogen-bond donors (Lipinski definition) is 1. The summed E-state index contributed by atoms with van der Waals surface area (Å²) in [4.78, 5) is 32.7. The number of aromatic nitrogens is 1. The van der Waals surface area contributed by atoms with Crippen molar-refractivity contribution in [2.75, 3.05) is 18.4 Å². The van der Waals surface area contributed by atoms with Crippen molar-refractivity contribution in [2.45, 2.75) is 46.0 Å². The lowest BCUT2D eigenvalue weighted by Crippen LogP contribution is -2.43. The van der Waals surface area contributed by atoms with Gasteiger partial charge in [0.1, 0.15) is 4.88 Å². The van der Waals surface area contributed by atoms with Crippen LogP contribution < -0.4 is 5.32 Å². The quantitative estimate of drug-likeness (QED) is 0.807. The molecule has 1 aliphatic rings. The summed E-state index contributed by atoms with van der Waals surface area (Å²) in [6, 6.07) is 9.47. The average molecular weight is 386 g/mol. The minimum absolute atomic E-state index is 0.0108. The fraction of sp³-hybridized carbons (Fsp3) is 0.476. The Labute approximate surface area is 164 Å². The molecule has 1 N–H and O–H groups in total. The van der Waals surface area contributed by atoms with Gasteiger partial charge in [0.15, 0.2) is 0 Å². The van der Waals surface area contributed by atoms with Gasteiger partial charge < -0.3 is 10.2 Å². The Balaban J connectivity index is 1.64. The zero-order valence-corrected chi connectivity index (χ0v) is 16.8. The molecule has 5 nitrogen and oxygen atoms in total. The van der Waals surface area contributed by atoms with Crippen LogP contribution in [0.15, 0.2) is 30.3 Å². The van der Waals surface area contributed by atoms with Gasteiger partial charge in [0.05, 0.1) is 16.6 Å². The highest BCUT2D eigenvalue weighted by Crippen LogP contribution is 2.25. The largest absolute Gasteiger partial charge is 0.337 e. The second kappa shape index (κ2) is 9.13. The van der Waals surface area contributed by atoms with E-state index in [1.807, 2.05) is 42.2 Å². The normalized spacial score (nSPS) is 17.0. The number of amides is 2. The number of nitrogens with one attached hydrogen (secondary N) is 1. The molecule has 1 unspecified atom stereocenters. The number of rotatable bonds is 6. The molecule has 3 rings (SSSR count). The van der Waals surface area contributed by atoms with Crippen LogP contribution in [0.2, 0.25) is 0 Å². The summed E-state index contributed by atoms with van der Waals surface area (Å²) in [5.41, 5.74) is 1.61. The van der Waals surface area contributed by atoms with Gasteiger partial charge in [-0.25, -0.2) is 4.98 Å². The molecule has 1 saturated heterocycles. The monoisotopic (exact) mass is 385 g/mol. The molecule has 0 radical (unpaired) electrons. The average Bonchev–Trinajstić information content (AvgIpc) is 3.07. The number of thiazole rings is 1. The Morgan fingerprint density at radius 3 is 2.81 bits per heavy atom. The molecule has 6 heteroatoms. The van der Waals surface area contributed by atoms with Crippen molar-refractivity contribution in [3.63, 3.8) is 0 Å². The van der Waals surface area contributed by atoms with Crippen LogP contribution in [-0.4, -0.2) is 34.8 Å². The number of unbranched alkanes of at least 4 members (excludes halogenated alkanes) is 1. The Hall–Kier alpha value is -2.21. The Kier molecular flexibility index (Phi) is 6.61. The molecule has 0 spiro atoms. The number of likely N-dealkylation sites (tertiary alicyclic amines) is 1. The minimum Gasteiger partial charge on any atom is -0.337 e. The lowest BCUT2D eigenvalue weighted by molar-refractivity contribution is -0.121. The number of hydrogen-bond acceptors (Lipinski definition) is 4. The number of nitrogens with zero attached hydrogens (tertiary/aromatic N) is 2. The number of carbonyl (C=O) groups is 2. The van der Waals surface area contributed by atoms with Crippen molar-refractivity contribution in [3.8, 4) is 0 Å². The summed E-state index contributed by atoms with van der Waals surface area (Å²) in [7, 11) is 0. The summed E-state index contributed by atoms with van der Waals surface area (Å²) in [6.45, 7) is 5.23. The summed E-state index contributed by atoms with van der Waals surface area (Å²) in [6.07, 6.45) is 4.79. The molecule has 2 aromatic rings. The number of benzene rings is 1. The van der Waals surface area contributed by atoms with Gasteiger partial charge in [0, 0.05) is 18.8 Å². The molecule has 0 aliphatic carbocycles. The van der Waals surface area contributed by atoms with Crippen molar-refractivity contribution in [1.82, 2.24) is 9.88 Å². The smallest absolute Gasteiger partial charge is 0.265 e. The molecule has 1 fully saturated rings. The van der Waals surface area contributed by atoms with E-state index in [0.29, 0.717) is 13.1 Å². The highest BCUT2D eigenvalue weighted by Gasteiger charge is 2.30. The lowest BCUT2D eigenvalue weighted by Gasteiger charge is -2.31. The number of anilines is 1.